The highest BCUT2D eigenvalue weighted by Crippen LogP contribution is 2.23. The van der Waals surface area contributed by atoms with Gasteiger partial charge in [0.05, 0.1) is 17.1 Å². The molecule has 144 valence electrons. The first-order valence-corrected chi connectivity index (χ1v) is 8.39. The molecule has 0 aliphatic carbocycles. The Hall–Kier alpha value is -3.13. The van der Waals surface area contributed by atoms with Crippen molar-refractivity contribution in [2.45, 2.75) is 6.92 Å². The number of rotatable bonds is 10. The minimum Gasteiger partial charge on any atom is -0.490 e. The fourth-order valence-electron chi connectivity index (χ4n) is 2.34. The Morgan fingerprint density at radius 2 is 1.93 bits per heavy atom. The summed E-state index contributed by atoms with van der Waals surface area (Å²) < 4.78 is 15.7. The molecule has 0 aliphatic rings. The molecule has 0 aromatic heterocycles. The van der Waals surface area contributed by atoms with Crippen LogP contribution in [-0.2, 0) is 9.47 Å². The molecule has 0 amide bonds. The Morgan fingerprint density at radius 1 is 1.15 bits per heavy atom. The first-order valence-electron chi connectivity index (χ1n) is 8.39. The number of nitro benzene ring substituents is 1. The Bertz CT molecular complexity index is 794. The van der Waals surface area contributed by atoms with Crippen LogP contribution < -0.4 is 10.1 Å². The van der Waals surface area contributed by atoms with Crippen LogP contribution in [0.15, 0.2) is 42.5 Å². The van der Waals surface area contributed by atoms with Gasteiger partial charge in [-0.2, -0.15) is 0 Å². The van der Waals surface area contributed by atoms with Crippen molar-refractivity contribution in [2.24, 2.45) is 0 Å². The van der Waals surface area contributed by atoms with E-state index in [-0.39, 0.29) is 24.5 Å². The number of hydrogen-bond donors (Lipinski definition) is 1. The van der Waals surface area contributed by atoms with Crippen LogP contribution >= 0.6 is 0 Å². The third-order valence-corrected chi connectivity index (χ3v) is 3.72. The number of nitrogens with zero attached hydrogens (tertiary/aromatic N) is 1. The van der Waals surface area contributed by atoms with Gasteiger partial charge in [-0.05, 0) is 24.6 Å². The predicted octanol–water partition coefficient (Wildman–Crippen LogP) is 3.20. The molecule has 0 saturated carbocycles. The standard InChI is InChI=1S/C19H22N2O6/c1-14-5-3-4-6-18(14)26-11-12-27-19(22)16-13-15(21(23)24)7-8-17(16)20-9-10-25-2/h3-8,13,20H,9-12H2,1-2H3. The number of esters is 1. The quantitative estimate of drug-likeness (QED) is 0.295. The molecule has 0 radical (unpaired) electrons. The van der Waals surface area contributed by atoms with Crippen LogP contribution in [0.3, 0.4) is 0 Å². The minimum atomic E-state index is -0.660. The number of hydrogen-bond acceptors (Lipinski definition) is 7. The van der Waals surface area contributed by atoms with Crippen LogP contribution in [0.1, 0.15) is 15.9 Å². The fourth-order valence-corrected chi connectivity index (χ4v) is 2.34. The zero-order chi connectivity index (χ0) is 19.6. The van der Waals surface area contributed by atoms with E-state index in [4.69, 9.17) is 14.2 Å². The molecule has 0 heterocycles. The van der Waals surface area contributed by atoms with Gasteiger partial charge in [-0.15, -0.1) is 0 Å². The molecule has 2 aromatic carbocycles. The third kappa shape index (κ3) is 5.96. The van der Waals surface area contributed by atoms with Crippen LogP contribution in [0.2, 0.25) is 0 Å². The van der Waals surface area contributed by atoms with Gasteiger partial charge in [0.1, 0.15) is 19.0 Å². The van der Waals surface area contributed by atoms with E-state index in [0.717, 1.165) is 5.56 Å². The number of benzene rings is 2. The zero-order valence-corrected chi connectivity index (χ0v) is 15.3. The van der Waals surface area contributed by atoms with E-state index in [1.54, 1.807) is 7.11 Å². The summed E-state index contributed by atoms with van der Waals surface area (Å²) in [6.45, 7) is 2.99. The molecule has 0 saturated heterocycles. The first kappa shape index (κ1) is 20.2. The zero-order valence-electron chi connectivity index (χ0n) is 15.3. The second kappa shape index (κ2) is 10.1. The van der Waals surface area contributed by atoms with E-state index in [0.29, 0.717) is 24.6 Å². The van der Waals surface area contributed by atoms with Crippen LogP contribution in [-0.4, -0.2) is 44.4 Å². The van der Waals surface area contributed by atoms with Crippen molar-refractivity contribution in [3.8, 4) is 5.75 Å². The molecule has 0 bridgehead atoms. The number of aryl methyl sites for hydroxylation is 1. The van der Waals surface area contributed by atoms with E-state index in [2.05, 4.69) is 5.32 Å². The molecule has 0 unspecified atom stereocenters. The molecule has 8 nitrogen and oxygen atoms in total. The maximum Gasteiger partial charge on any atom is 0.340 e. The summed E-state index contributed by atoms with van der Waals surface area (Å²) in [7, 11) is 1.56. The van der Waals surface area contributed by atoms with Gasteiger partial charge in [0.2, 0.25) is 0 Å². The van der Waals surface area contributed by atoms with Gasteiger partial charge < -0.3 is 19.5 Å². The van der Waals surface area contributed by atoms with Crippen molar-refractivity contribution in [1.82, 2.24) is 0 Å². The van der Waals surface area contributed by atoms with Crippen LogP contribution in [0.25, 0.3) is 0 Å². The fraction of sp³-hybridized carbons (Fsp3) is 0.316. The van der Waals surface area contributed by atoms with Gasteiger partial charge >= 0.3 is 5.97 Å². The molecule has 27 heavy (non-hydrogen) atoms. The third-order valence-electron chi connectivity index (χ3n) is 3.72. The molecule has 0 fully saturated rings. The topological polar surface area (TPSA) is 99.9 Å². The maximum absolute atomic E-state index is 12.4. The molecule has 0 atom stereocenters. The summed E-state index contributed by atoms with van der Waals surface area (Å²) >= 11 is 0. The monoisotopic (exact) mass is 374 g/mol. The normalized spacial score (nSPS) is 10.3. The molecule has 1 N–H and O–H groups in total. The van der Waals surface area contributed by atoms with Crippen molar-refractivity contribution >= 4 is 17.3 Å². The van der Waals surface area contributed by atoms with E-state index in [9.17, 15) is 14.9 Å². The number of para-hydroxylation sites is 1. The van der Waals surface area contributed by atoms with E-state index < -0.39 is 10.9 Å². The Balaban J connectivity index is 1.99. The van der Waals surface area contributed by atoms with Gasteiger partial charge in [0, 0.05) is 31.5 Å². The summed E-state index contributed by atoms with van der Waals surface area (Å²) in [5.74, 6) is 0.0535. The highest BCUT2D eigenvalue weighted by Gasteiger charge is 2.18. The van der Waals surface area contributed by atoms with Crippen molar-refractivity contribution in [3.05, 3.63) is 63.7 Å². The van der Waals surface area contributed by atoms with Gasteiger partial charge in [-0.3, -0.25) is 10.1 Å². The van der Waals surface area contributed by atoms with Gasteiger partial charge in [-0.25, -0.2) is 4.79 Å². The Kier molecular flexibility index (Phi) is 7.57. The smallest absolute Gasteiger partial charge is 0.340 e. The van der Waals surface area contributed by atoms with Gasteiger partial charge in [0.25, 0.3) is 5.69 Å². The van der Waals surface area contributed by atoms with E-state index in [1.807, 2.05) is 31.2 Å². The maximum atomic E-state index is 12.4. The summed E-state index contributed by atoms with van der Waals surface area (Å²) in [6, 6.07) is 11.5. The van der Waals surface area contributed by atoms with Crippen LogP contribution in [0.4, 0.5) is 11.4 Å². The summed E-state index contributed by atoms with van der Waals surface area (Å²) in [4.78, 5) is 22.8. The average molecular weight is 374 g/mol. The van der Waals surface area contributed by atoms with Crippen LogP contribution in [0, 0.1) is 17.0 Å². The Labute approximate surface area is 157 Å². The average Bonchev–Trinajstić information content (AvgIpc) is 2.66. The lowest BCUT2D eigenvalue weighted by molar-refractivity contribution is -0.384. The van der Waals surface area contributed by atoms with E-state index in [1.165, 1.54) is 18.2 Å². The minimum absolute atomic E-state index is 0.0212. The summed E-state index contributed by atoms with van der Waals surface area (Å²) in [5.41, 5.74) is 1.33. The molecular weight excluding hydrogens is 352 g/mol. The summed E-state index contributed by atoms with van der Waals surface area (Å²) in [5, 5.41) is 14.0. The molecule has 8 heteroatoms. The molecule has 2 rings (SSSR count). The van der Waals surface area contributed by atoms with Crippen molar-refractivity contribution in [1.29, 1.82) is 0 Å². The number of nitro groups is 1. The number of carbonyl (C=O) groups is 1. The molecule has 2 aromatic rings. The highest BCUT2D eigenvalue weighted by molar-refractivity contribution is 5.96. The lowest BCUT2D eigenvalue weighted by Gasteiger charge is -2.12. The van der Waals surface area contributed by atoms with Gasteiger partial charge in [0.15, 0.2) is 0 Å². The van der Waals surface area contributed by atoms with Crippen molar-refractivity contribution in [2.75, 3.05) is 38.8 Å². The lowest BCUT2D eigenvalue weighted by Crippen LogP contribution is -2.16. The first-order chi connectivity index (χ1) is 13.0. The van der Waals surface area contributed by atoms with Crippen molar-refractivity contribution < 1.29 is 23.9 Å². The number of carbonyl (C=O) groups excluding carboxylic acids is 1. The SMILES string of the molecule is COCCNc1ccc([N+](=O)[O-])cc1C(=O)OCCOc1ccccc1C. The molecular formula is C19H22N2O6. The number of nitrogens with one attached hydrogen (secondary N) is 1. The number of ether oxygens (including phenoxy) is 3. The van der Waals surface area contributed by atoms with Crippen molar-refractivity contribution in [3.63, 3.8) is 0 Å². The molecule has 0 aliphatic heterocycles. The molecule has 0 spiro atoms. The lowest BCUT2D eigenvalue weighted by atomic mass is 10.1. The number of non-ortho nitro benzene ring substituents is 1. The summed E-state index contributed by atoms with van der Waals surface area (Å²) in [6.07, 6.45) is 0. The second-order valence-corrected chi connectivity index (χ2v) is 5.66. The van der Waals surface area contributed by atoms with Crippen LogP contribution in [0.5, 0.6) is 5.75 Å². The Morgan fingerprint density at radius 3 is 2.63 bits per heavy atom. The number of methoxy groups -OCH3 is 1. The largest absolute Gasteiger partial charge is 0.490 e. The number of anilines is 1. The second-order valence-electron chi connectivity index (χ2n) is 5.66. The van der Waals surface area contributed by atoms with Gasteiger partial charge in [-0.1, -0.05) is 18.2 Å². The predicted molar refractivity (Wildman–Crippen MR) is 100 cm³/mol. The van der Waals surface area contributed by atoms with E-state index >= 15 is 0 Å². The highest BCUT2D eigenvalue weighted by atomic mass is 16.6.